The van der Waals surface area contributed by atoms with Crippen LogP contribution < -0.4 is 0 Å². The summed E-state index contributed by atoms with van der Waals surface area (Å²) in [6, 6.07) is 7.19. The highest BCUT2D eigenvalue weighted by atomic mass is 79.9. The highest BCUT2D eigenvalue weighted by Crippen LogP contribution is 2.29. The van der Waals surface area contributed by atoms with Crippen molar-refractivity contribution in [1.29, 1.82) is 0 Å². The second kappa shape index (κ2) is 5.78. The van der Waals surface area contributed by atoms with Gasteiger partial charge in [-0.15, -0.1) is 0 Å². The Morgan fingerprint density at radius 2 is 2.14 bits per heavy atom. The molecule has 0 aliphatic carbocycles. The van der Waals surface area contributed by atoms with Crippen LogP contribution in [0.15, 0.2) is 39.5 Å². The number of furan rings is 1. The zero-order valence-corrected chi connectivity index (χ0v) is 14.3. The standard InChI is InChI=1S/C15H13BrClN3O2/c1-19(2)14(21)7-10-15(11-4-5-12(16)22-11)18-13-6-3-9(17)8-20(10)13/h3-6,8H,7H2,1-2H3. The molecule has 0 bridgehead atoms. The van der Waals surface area contributed by atoms with E-state index in [4.69, 9.17) is 16.0 Å². The number of imidazole rings is 1. The van der Waals surface area contributed by atoms with Crippen LogP contribution >= 0.6 is 27.5 Å². The van der Waals surface area contributed by atoms with Crippen LogP contribution in [0.5, 0.6) is 0 Å². The molecular weight excluding hydrogens is 370 g/mol. The van der Waals surface area contributed by atoms with Gasteiger partial charge in [-0.3, -0.25) is 4.79 Å². The van der Waals surface area contributed by atoms with E-state index in [2.05, 4.69) is 20.9 Å². The van der Waals surface area contributed by atoms with Crippen molar-refractivity contribution >= 4 is 39.1 Å². The molecule has 1 amide bonds. The van der Waals surface area contributed by atoms with E-state index >= 15 is 0 Å². The van der Waals surface area contributed by atoms with Gasteiger partial charge in [0.25, 0.3) is 0 Å². The molecule has 0 aliphatic rings. The number of likely N-dealkylation sites (N-methyl/N-ethyl adjacent to an activating group) is 1. The molecule has 0 aliphatic heterocycles. The van der Waals surface area contributed by atoms with Crippen molar-refractivity contribution in [2.75, 3.05) is 14.1 Å². The molecule has 3 rings (SSSR count). The average Bonchev–Trinajstić information content (AvgIpc) is 3.03. The van der Waals surface area contributed by atoms with E-state index < -0.39 is 0 Å². The molecule has 0 fully saturated rings. The van der Waals surface area contributed by atoms with Crippen LogP contribution in [0.1, 0.15) is 5.69 Å². The number of aromatic nitrogens is 2. The molecule has 0 saturated carbocycles. The van der Waals surface area contributed by atoms with Crippen molar-refractivity contribution in [1.82, 2.24) is 14.3 Å². The first kappa shape index (κ1) is 15.1. The Balaban J connectivity index is 2.19. The minimum absolute atomic E-state index is 0.0198. The van der Waals surface area contributed by atoms with E-state index in [1.807, 2.05) is 16.5 Å². The summed E-state index contributed by atoms with van der Waals surface area (Å²) in [5.41, 5.74) is 2.11. The van der Waals surface area contributed by atoms with E-state index in [1.54, 1.807) is 37.3 Å². The summed E-state index contributed by atoms with van der Waals surface area (Å²) < 4.78 is 8.04. The van der Waals surface area contributed by atoms with Gasteiger partial charge in [0.05, 0.1) is 17.1 Å². The number of nitrogens with zero attached hydrogens (tertiary/aromatic N) is 3. The molecule has 7 heteroatoms. The molecular formula is C15H13BrClN3O2. The lowest BCUT2D eigenvalue weighted by atomic mass is 10.2. The molecule has 0 N–H and O–H groups in total. The molecule has 3 aromatic heterocycles. The van der Waals surface area contributed by atoms with Crippen molar-refractivity contribution in [3.8, 4) is 11.5 Å². The van der Waals surface area contributed by atoms with E-state index in [-0.39, 0.29) is 12.3 Å². The summed E-state index contributed by atoms with van der Waals surface area (Å²) in [6.07, 6.45) is 1.96. The smallest absolute Gasteiger partial charge is 0.228 e. The van der Waals surface area contributed by atoms with Crippen LogP contribution in [-0.2, 0) is 11.2 Å². The Labute approximate surface area is 140 Å². The second-order valence-electron chi connectivity index (χ2n) is 5.05. The van der Waals surface area contributed by atoms with Crippen LogP contribution in [-0.4, -0.2) is 34.3 Å². The maximum absolute atomic E-state index is 12.1. The summed E-state index contributed by atoms with van der Waals surface area (Å²) in [7, 11) is 3.45. The van der Waals surface area contributed by atoms with E-state index in [1.165, 1.54) is 0 Å². The predicted octanol–water partition coefficient (Wildman–Crippen LogP) is 3.64. The molecule has 3 aromatic rings. The van der Waals surface area contributed by atoms with Gasteiger partial charge in [-0.05, 0) is 40.2 Å². The summed E-state index contributed by atoms with van der Waals surface area (Å²) in [5.74, 6) is 0.585. The van der Waals surface area contributed by atoms with Crippen molar-refractivity contribution in [3.63, 3.8) is 0 Å². The minimum Gasteiger partial charge on any atom is -0.448 e. The number of fused-ring (bicyclic) bond motifs is 1. The van der Waals surface area contributed by atoms with Crippen LogP contribution in [0.25, 0.3) is 17.1 Å². The average molecular weight is 383 g/mol. The summed E-state index contributed by atoms with van der Waals surface area (Å²) >= 11 is 9.36. The molecule has 22 heavy (non-hydrogen) atoms. The van der Waals surface area contributed by atoms with Gasteiger partial charge in [0.1, 0.15) is 11.3 Å². The molecule has 0 saturated heterocycles. The third-order valence-electron chi connectivity index (χ3n) is 3.31. The Bertz CT molecular complexity index is 854. The SMILES string of the molecule is CN(C)C(=O)Cc1c(-c2ccc(Br)o2)nc2ccc(Cl)cn12. The Morgan fingerprint density at radius 3 is 2.77 bits per heavy atom. The highest BCUT2D eigenvalue weighted by Gasteiger charge is 2.20. The number of hydrogen-bond donors (Lipinski definition) is 0. The molecule has 0 aromatic carbocycles. The molecule has 0 atom stereocenters. The predicted molar refractivity (Wildman–Crippen MR) is 88.0 cm³/mol. The second-order valence-corrected chi connectivity index (χ2v) is 6.27. The zero-order valence-electron chi connectivity index (χ0n) is 12.0. The van der Waals surface area contributed by atoms with E-state index in [9.17, 15) is 4.79 Å². The summed E-state index contributed by atoms with van der Waals surface area (Å²) in [6.45, 7) is 0. The first-order chi connectivity index (χ1) is 10.5. The van der Waals surface area contributed by atoms with Crippen LogP contribution in [0.2, 0.25) is 5.02 Å². The third kappa shape index (κ3) is 2.76. The fourth-order valence-corrected chi connectivity index (χ4v) is 2.64. The van der Waals surface area contributed by atoms with Gasteiger partial charge in [-0.1, -0.05) is 11.6 Å². The highest BCUT2D eigenvalue weighted by molar-refractivity contribution is 9.10. The Hall–Kier alpha value is -1.79. The Morgan fingerprint density at radius 1 is 1.36 bits per heavy atom. The number of rotatable bonds is 3. The number of carbonyl (C=O) groups excluding carboxylic acids is 1. The van der Waals surface area contributed by atoms with Gasteiger partial charge in [-0.25, -0.2) is 4.98 Å². The van der Waals surface area contributed by atoms with Crippen LogP contribution in [0, 0.1) is 0 Å². The number of carbonyl (C=O) groups is 1. The minimum atomic E-state index is -0.0198. The van der Waals surface area contributed by atoms with Crippen molar-refractivity contribution < 1.29 is 9.21 Å². The quantitative estimate of drug-likeness (QED) is 0.695. The normalized spacial score (nSPS) is 11.1. The van der Waals surface area contributed by atoms with Gasteiger partial charge < -0.3 is 13.7 Å². The number of pyridine rings is 1. The molecule has 5 nitrogen and oxygen atoms in total. The van der Waals surface area contributed by atoms with Crippen molar-refractivity contribution in [2.24, 2.45) is 0 Å². The fourth-order valence-electron chi connectivity index (χ4n) is 2.18. The lowest BCUT2D eigenvalue weighted by molar-refractivity contribution is -0.128. The Kier molecular flexibility index (Phi) is 3.97. The zero-order chi connectivity index (χ0) is 15.9. The summed E-state index contributed by atoms with van der Waals surface area (Å²) in [5, 5.41) is 0.579. The number of amides is 1. The lowest BCUT2D eigenvalue weighted by Crippen LogP contribution is -2.24. The topological polar surface area (TPSA) is 50.8 Å². The molecule has 0 radical (unpaired) electrons. The van der Waals surface area contributed by atoms with Gasteiger partial charge >= 0.3 is 0 Å². The molecule has 0 spiro atoms. The van der Waals surface area contributed by atoms with Gasteiger partial charge in [0, 0.05) is 20.3 Å². The monoisotopic (exact) mass is 381 g/mol. The van der Waals surface area contributed by atoms with Gasteiger partial charge in [0.15, 0.2) is 10.4 Å². The number of halogens is 2. The first-order valence-corrected chi connectivity index (χ1v) is 7.75. The van der Waals surface area contributed by atoms with Crippen molar-refractivity contribution in [2.45, 2.75) is 6.42 Å². The van der Waals surface area contributed by atoms with Gasteiger partial charge in [0.2, 0.25) is 5.91 Å². The summed E-state index contributed by atoms with van der Waals surface area (Å²) in [4.78, 5) is 18.3. The van der Waals surface area contributed by atoms with E-state index in [0.717, 1.165) is 5.69 Å². The molecule has 3 heterocycles. The van der Waals surface area contributed by atoms with Gasteiger partial charge in [-0.2, -0.15) is 0 Å². The van der Waals surface area contributed by atoms with Crippen molar-refractivity contribution in [3.05, 3.63) is 45.8 Å². The van der Waals surface area contributed by atoms with Crippen LogP contribution in [0.4, 0.5) is 0 Å². The maximum Gasteiger partial charge on any atom is 0.228 e. The molecule has 0 unspecified atom stereocenters. The largest absolute Gasteiger partial charge is 0.448 e. The molecule has 114 valence electrons. The van der Waals surface area contributed by atoms with E-state index in [0.29, 0.717) is 26.8 Å². The maximum atomic E-state index is 12.1. The lowest BCUT2D eigenvalue weighted by Gasteiger charge is -2.10. The van der Waals surface area contributed by atoms with Crippen LogP contribution in [0.3, 0.4) is 0 Å². The fraction of sp³-hybridized carbons (Fsp3) is 0.200. The first-order valence-electron chi connectivity index (χ1n) is 6.58. The number of hydrogen-bond acceptors (Lipinski definition) is 3. The third-order valence-corrected chi connectivity index (χ3v) is 3.96.